The van der Waals surface area contributed by atoms with E-state index in [1.54, 1.807) is 0 Å². The lowest BCUT2D eigenvalue weighted by Gasteiger charge is -2.40. The second-order valence-corrected chi connectivity index (χ2v) is 6.65. The lowest BCUT2D eigenvalue weighted by atomic mass is 9.80. The average molecular weight is 289 g/mol. The molecule has 2 nitrogen and oxygen atoms in total. The summed E-state index contributed by atoms with van der Waals surface area (Å²) in [5.41, 5.74) is 0.406. The number of hydrogen-bond acceptors (Lipinski definition) is 3. The van der Waals surface area contributed by atoms with Crippen LogP contribution < -0.4 is 0 Å². The monoisotopic (exact) mass is 288 g/mol. The maximum atomic E-state index is 4.68. The highest BCUT2D eigenvalue weighted by Gasteiger charge is 2.30. The molecule has 0 saturated heterocycles. The second-order valence-electron chi connectivity index (χ2n) is 6.33. The molecule has 19 heavy (non-hydrogen) atoms. The van der Waals surface area contributed by atoms with Gasteiger partial charge >= 0.3 is 0 Å². The predicted molar refractivity (Wildman–Crippen MR) is 91.4 cm³/mol. The van der Waals surface area contributed by atoms with Gasteiger partial charge < -0.3 is 4.90 Å². The van der Waals surface area contributed by atoms with E-state index in [-0.39, 0.29) is 0 Å². The molecule has 0 aliphatic carbocycles. The topological polar surface area (TPSA) is 6.48 Å². The van der Waals surface area contributed by atoms with E-state index in [1.165, 1.54) is 32.2 Å². The van der Waals surface area contributed by atoms with Gasteiger partial charge in [0, 0.05) is 19.1 Å². The van der Waals surface area contributed by atoms with Gasteiger partial charge in [-0.25, -0.2) is 0 Å². The van der Waals surface area contributed by atoms with Crippen molar-refractivity contribution in [2.75, 3.05) is 39.5 Å². The first-order valence-electron chi connectivity index (χ1n) is 7.94. The molecule has 0 fully saturated rings. The first kappa shape index (κ1) is 19.3. The van der Waals surface area contributed by atoms with Crippen molar-refractivity contribution < 1.29 is 0 Å². The summed E-state index contributed by atoms with van der Waals surface area (Å²) in [4.78, 5) is 4.93. The maximum absolute atomic E-state index is 4.68. The molecule has 0 spiro atoms. The molecular formula is C16H36N2S. The van der Waals surface area contributed by atoms with E-state index < -0.39 is 0 Å². The average Bonchev–Trinajstić information content (AvgIpc) is 2.35. The maximum Gasteiger partial charge on any atom is 0.0194 e. The Bertz CT molecular complexity index is 213. The quantitative estimate of drug-likeness (QED) is 0.578. The van der Waals surface area contributed by atoms with E-state index >= 15 is 0 Å². The van der Waals surface area contributed by atoms with Gasteiger partial charge in [0.2, 0.25) is 0 Å². The van der Waals surface area contributed by atoms with E-state index in [0.29, 0.717) is 11.5 Å². The fourth-order valence-corrected chi connectivity index (χ4v) is 3.62. The van der Waals surface area contributed by atoms with Crippen molar-refractivity contribution in [1.29, 1.82) is 0 Å². The van der Waals surface area contributed by atoms with Crippen molar-refractivity contribution in [1.82, 2.24) is 9.80 Å². The zero-order valence-electron chi connectivity index (χ0n) is 14.1. The molecule has 0 N–H and O–H groups in total. The summed E-state index contributed by atoms with van der Waals surface area (Å²) in [5, 5.41) is 0. The van der Waals surface area contributed by atoms with E-state index in [2.05, 4.69) is 64.2 Å². The number of likely N-dealkylation sites (N-methyl/N-ethyl adjacent to an activating group) is 2. The molecule has 3 heteroatoms. The Labute approximate surface area is 127 Å². The predicted octanol–water partition coefficient (Wildman–Crippen LogP) is 3.77. The summed E-state index contributed by atoms with van der Waals surface area (Å²) in [6, 6.07) is 0.618. The highest BCUT2D eigenvalue weighted by Crippen LogP contribution is 2.33. The Balaban J connectivity index is 4.75. The fourth-order valence-electron chi connectivity index (χ4n) is 3.21. The van der Waals surface area contributed by atoms with Crippen LogP contribution in [-0.2, 0) is 0 Å². The first-order chi connectivity index (χ1) is 8.94. The van der Waals surface area contributed by atoms with Gasteiger partial charge in [0.05, 0.1) is 0 Å². The molecule has 0 radical (unpaired) electrons. The van der Waals surface area contributed by atoms with E-state index in [1.807, 2.05) is 0 Å². The van der Waals surface area contributed by atoms with Crippen molar-refractivity contribution in [2.24, 2.45) is 5.41 Å². The first-order valence-corrected chi connectivity index (χ1v) is 8.57. The zero-order chi connectivity index (χ0) is 14.9. The van der Waals surface area contributed by atoms with Crippen LogP contribution in [0.5, 0.6) is 0 Å². The molecule has 0 rings (SSSR count). The van der Waals surface area contributed by atoms with Crippen molar-refractivity contribution in [2.45, 2.75) is 59.4 Å². The van der Waals surface area contributed by atoms with Gasteiger partial charge in [0.25, 0.3) is 0 Å². The van der Waals surface area contributed by atoms with Crippen LogP contribution in [0.25, 0.3) is 0 Å². The van der Waals surface area contributed by atoms with Gasteiger partial charge in [-0.2, -0.15) is 12.6 Å². The van der Waals surface area contributed by atoms with Crippen LogP contribution >= 0.6 is 12.6 Å². The largest absolute Gasteiger partial charge is 0.308 e. The minimum atomic E-state index is 0.406. The molecule has 0 amide bonds. The molecule has 1 atom stereocenters. The lowest BCUT2D eigenvalue weighted by molar-refractivity contribution is 0.104. The number of hydrogen-bond donors (Lipinski definition) is 1. The molecule has 0 bridgehead atoms. The van der Waals surface area contributed by atoms with Crippen LogP contribution in [0.1, 0.15) is 53.4 Å². The van der Waals surface area contributed by atoms with Crippen LogP contribution in [-0.4, -0.2) is 55.3 Å². The third-order valence-electron chi connectivity index (χ3n) is 4.09. The third kappa shape index (κ3) is 7.01. The second kappa shape index (κ2) is 10.1. The van der Waals surface area contributed by atoms with Crippen molar-refractivity contribution in [3.63, 3.8) is 0 Å². The number of rotatable bonds is 11. The molecule has 0 aromatic heterocycles. The van der Waals surface area contributed by atoms with Gasteiger partial charge in [0.1, 0.15) is 0 Å². The van der Waals surface area contributed by atoms with Crippen LogP contribution in [0.2, 0.25) is 0 Å². The Morgan fingerprint density at radius 3 is 1.89 bits per heavy atom. The highest BCUT2D eigenvalue weighted by molar-refractivity contribution is 7.80. The molecule has 0 aliphatic rings. The third-order valence-corrected chi connectivity index (χ3v) is 4.76. The Hall–Kier alpha value is 0.270. The molecule has 0 aromatic rings. The zero-order valence-corrected chi connectivity index (χ0v) is 15.0. The Kier molecular flexibility index (Phi) is 10.2. The molecule has 0 aromatic carbocycles. The Morgan fingerprint density at radius 1 is 1.05 bits per heavy atom. The smallest absolute Gasteiger partial charge is 0.0194 e. The van der Waals surface area contributed by atoms with Crippen LogP contribution in [0.3, 0.4) is 0 Å². The van der Waals surface area contributed by atoms with Crippen molar-refractivity contribution >= 4 is 12.6 Å². The van der Waals surface area contributed by atoms with Gasteiger partial charge in [0.15, 0.2) is 0 Å². The number of nitrogens with zero attached hydrogens (tertiary/aromatic N) is 2. The standard InChI is InChI=1S/C16H36N2S/c1-7-10-16(14-19,11-8-2)13-18(9-3)15(4)12-17(5)6/h15,19H,7-14H2,1-6H3. The Morgan fingerprint density at radius 2 is 1.58 bits per heavy atom. The van der Waals surface area contributed by atoms with Crippen LogP contribution in [0.15, 0.2) is 0 Å². The number of thiol groups is 1. The van der Waals surface area contributed by atoms with Gasteiger partial charge in [-0.3, -0.25) is 4.90 Å². The van der Waals surface area contributed by atoms with E-state index in [4.69, 9.17) is 0 Å². The summed E-state index contributed by atoms with van der Waals surface area (Å²) < 4.78 is 0. The van der Waals surface area contributed by atoms with Gasteiger partial charge in [-0.15, -0.1) is 0 Å². The summed E-state index contributed by atoms with van der Waals surface area (Å²) in [7, 11) is 4.32. The molecule has 0 heterocycles. The lowest BCUT2D eigenvalue weighted by Crippen LogP contribution is -2.46. The van der Waals surface area contributed by atoms with E-state index in [9.17, 15) is 0 Å². The van der Waals surface area contributed by atoms with Crippen molar-refractivity contribution in [3.8, 4) is 0 Å². The minimum absolute atomic E-state index is 0.406. The SMILES string of the molecule is CCCC(CS)(CCC)CN(CC)C(C)CN(C)C. The molecule has 0 aliphatic heterocycles. The normalized spacial score (nSPS) is 14.4. The van der Waals surface area contributed by atoms with Gasteiger partial charge in [-0.1, -0.05) is 33.6 Å². The molecule has 116 valence electrons. The van der Waals surface area contributed by atoms with Crippen LogP contribution in [0, 0.1) is 5.41 Å². The van der Waals surface area contributed by atoms with E-state index in [0.717, 1.165) is 18.8 Å². The summed E-state index contributed by atoms with van der Waals surface area (Å²) in [6.45, 7) is 12.7. The molecule has 1 unspecified atom stereocenters. The van der Waals surface area contributed by atoms with Gasteiger partial charge in [-0.05, 0) is 51.6 Å². The summed E-state index contributed by atoms with van der Waals surface area (Å²) in [5.74, 6) is 1.01. The minimum Gasteiger partial charge on any atom is -0.308 e. The summed E-state index contributed by atoms with van der Waals surface area (Å²) >= 11 is 4.68. The highest BCUT2D eigenvalue weighted by atomic mass is 32.1. The van der Waals surface area contributed by atoms with Crippen molar-refractivity contribution in [3.05, 3.63) is 0 Å². The summed E-state index contributed by atoms with van der Waals surface area (Å²) in [6.07, 6.45) is 5.13. The molecule has 0 saturated carbocycles. The molecular weight excluding hydrogens is 252 g/mol. The fraction of sp³-hybridized carbons (Fsp3) is 1.00. The van der Waals surface area contributed by atoms with Crippen LogP contribution in [0.4, 0.5) is 0 Å².